The van der Waals surface area contributed by atoms with Gasteiger partial charge in [0, 0.05) is 6.26 Å². The van der Waals surface area contributed by atoms with Crippen molar-refractivity contribution < 1.29 is 8.49 Å². The molecule has 1 unspecified atom stereocenters. The standard InChI is InChI=1S/C4H12N2O2S.2CH4/c1-6(2)4-5-8-9(3)7;;/h5H,4H2,1-3H3;2*1H4. The van der Waals surface area contributed by atoms with Gasteiger partial charge in [-0.05, 0) is 14.1 Å². The Morgan fingerprint density at radius 1 is 1.45 bits per heavy atom. The topological polar surface area (TPSA) is 41.6 Å². The minimum atomic E-state index is -1.22. The molecule has 0 fully saturated rings. The van der Waals surface area contributed by atoms with Gasteiger partial charge in [0.05, 0.1) is 6.67 Å². The summed E-state index contributed by atoms with van der Waals surface area (Å²) in [6.45, 7) is 0.569. The Morgan fingerprint density at radius 3 is 2.18 bits per heavy atom. The van der Waals surface area contributed by atoms with Crippen LogP contribution in [0.3, 0.4) is 0 Å². The van der Waals surface area contributed by atoms with Gasteiger partial charge in [-0.1, -0.05) is 14.9 Å². The van der Waals surface area contributed by atoms with Crippen LogP contribution in [0.2, 0.25) is 0 Å². The van der Waals surface area contributed by atoms with Gasteiger partial charge in [0.2, 0.25) is 0 Å². The molecule has 0 aromatic rings. The van der Waals surface area contributed by atoms with Crippen LogP contribution in [-0.4, -0.2) is 36.1 Å². The molecule has 0 radical (unpaired) electrons. The normalized spacial score (nSPS) is 11.6. The average molecular weight is 184 g/mol. The molecule has 0 aromatic carbocycles. The molecule has 0 heterocycles. The largest absolute Gasteiger partial charge is 0.295 e. The van der Waals surface area contributed by atoms with Crippen molar-refractivity contribution in [2.75, 3.05) is 27.0 Å². The Bertz CT molecular complexity index is 98.6. The van der Waals surface area contributed by atoms with Gasteiger partial charge in [-0.15, -0.1) is 0 Å². The predicted octanol–water partition coefficient (Wildman–Crippen LogP) is 0.592. The van der Waals surface area contributed by atoms with Crippen molar-refractivity contribution in [2.45, 2.75) is 14.9 Å². The SMILES string of the molecule is C.C.CN(C)CNOS(C)=O. The van der Waals surface area contributed by atoms with Crippen LogP contribution in [0, 0.1) is 0 Å². The van der Waals surface area contributed by atoms with Crippen molar-refractivity contribution in [2.24, 2.45) is 0 Å². The van der Waals surface area contributed by atoms with E-state index in [0.29, 0.717) is 6.67 Å². The first-order valence-corrected chi connectivity index (χ1v) is 3.99. The third-order valence-corrected chi connectivity index (χ3v) is 0.910. The zero-order chi connectivity index (χ0) is 7.28. The number of hydrogen-bond donors (Lipinski definition) is 1. The second kappa shape index (κ2) is 10.0. The lowest BCUT2D eigenvalue weighted by Crippen LogP contribution is -2.28. The van der Waals surface area contributed by atoms with Gasteiger partial charge in [0.25, 0.3) is 0 Å². The highest BCUT2D eigenvalue weighted by atomic mass is 32.2. The number of hydroxylamine groups is 1. The van der Waals surface area contributed by atoms with Gasteiger partial charge in [-0.3, -0.25) is 4.90 Å². The monoisotopic (exact) mass is 184 g/mol. The molecule has 5 heteroatoms. The lowest BCUT2D eigenvalue weighted by molar-refractivity contribution is 0.167. The van der Waals surface area contributed by atoms with Crippen LogP contribution in [-0.2, 0) is 15.4 Å². The lowest BCUT2D eigenvalue weighted by atomic mass is 10.9. The first-order chi connectivity index (χ1) is 4.13. The highest BCUT2D eigenvalue weighted by molar-refractivity contribution is 7.79. The van der Waals surface area contributed by atoms with Crippen LogP contribution in [0.15, 0.2) is 0 Å². The fraction of sp³-hybridized carbons (Fsp3) is 1.00. The molecule has 0 spiro atoms. The average Bonchev–Trinajstić information content (AvgIpc) is 1.63. The summed E-state index contributed by atoms with van der Waals surface area (Å²) >= 11 is -1.22. The molecule has 11 heavy (non-hydrogen) atoms. The summed E-state index contributed by atoms with van der Waals surface area (Å²) in [5.41, 5.74) is 2.51. The first kappa shape index (κ1) is 17.2. The van der Waals surface area contributed by atoms with Crippen molar-refractivity contribution >= 4 is 11.1 Å². The summed E-state index contributed by atoms with van der Waals surface area (Å²) in [6.07, 6.45) is 1.46. The van der Waals surface area contributed by atoms with Crippen LogP contribution in [0.1, 0.15) is 14.9 Å². The minimum Gasteiger partial charge on any atom is -0.295 e. The predicted molar refractivity (Wildman–Crippen MR) is 50.3 cm³/mol. The molecule has 0 amide bonds. The molecule has 0 aromatic heterocycles. The van der Waals surface area contributed by atoms with E-state index in [0.717, 1.165) is 0 Å². The first-order valence-electron chi connectivity index (χ1n) is 2.51. The van der Waals surface area contributed by atoms with E-state index < -0.39 is 11.1 Å². The molecule has 0 bridgehead atoms. The number of nitrogens with one attached hydrogen (secondary N) is 1. The summed E-state index contributed by atoms with van der Waals surface area (Å²) in [5, 5.41) is 0. The van der Waals surface area contributed by atoms with Crippen LogP contribution < -0.4 is 5.48 Å². The highest BCUT2D eigenvalue weighted by Crippen LogP contribution is 1.72. The molecule has 0 saturated heterocycles. The number of hydrogen-bond acceptors (Lipinski definition) is 4. The quantitative estimate of drug-likeness (QED) is 0.513. The van der Waals surface area contributed by atoms with Gasteiger partial charge in [0.15, 0.2) is 11.1 Å². The third-order valence-electron chi connectivity index (χ3n) is 0.557. The van der Waals surface area contributed by atoms with Crippen molar-refractivity contribution in [3.63, 3.8) is 0 Å². The number of nitrogens with zero attached hydrogens (tertiary/aromatic N) is 1. The maximum Gasteiger partial charge on any atom is 0.169 e. The van der Waals surface area contributed by atoms with Gasteiger partial charge in [0.1, 0.15) is 0 Å². The zero-order valence-electron chi connectivity index (χ0n) is 5.88. The Hall–Kier alpha value is 0.0300. The molecule has 1 N–H and O–H groups in total. The molecule has 0 saturated carbocycles. The lowest BCUT2D eigenvalue weighted by Gasteiger charge is -2.08. The molecule has 0 aliphatic carbocycles. The summed E-state index contributed by atoms with van der Waals surface area (Å²) < 4.78 is 14.8. The Kier molecular flexibility index (Phi) is 15.7. The summed E-state index contributed by atoms with van der Waals surface area (Å²) in [6, 6.07) is 0. The molecular formula is C6H20N2O2S. The van der Waals surface area contributed by atoms with Crippen molar-refractivity contribution in [1.29, 1.82) is 0 Å². The number of rotatable bonds is 4. The van der Waals surface area contributed by atoms with E-state index in [1.807, 2.05) is 19.0 Å². The van der Waals surface area contributed by atoms with E-state index in [1.165, 1.54) is 6.26 Å². The zero-order valence-corrected chi connectivity index (χ0v) is 6.70. The van der Waals surface area contributed by atoms with Crippen molar-refractivity contribution in [3.8, 4) is 0 Å². The maximum absolute atomic E-state index is 10.2. The summed E-state index contributed by atoms with van der Waals surface area (Å²) in [4.78, 5) is 1.87. The van der Waals surface area contributed by atoms with Crippen LogP contribution in [0.4, 0.5) is 0 Å². The van der Waals surface area contributed by atoms with E-state index in [-0.39, 0.29) is 14.9 Å². The van der Waals surface area contributed by atoms with Crippen LogP contribution in [0.5, 0.6) is 0 Å². The molecule has 0 aliphatic heterocycles. The van der Waals surface area contributed by atoms with Crippen molar-refractivity contribution in [3.05, 3.63) is 0 Å². The highest BCUT2D eigenvalue weighted by Gasteiger charge is 1.89. The van der Waals surface area contributed by atoms with Crippen molar-refractivity contribution in [1.82, 2.24) is 10.4 Å². The Morgan fingerprint density at radius 2 is 1.91 bits per heavy atom. The van der Waals surface area contributed by atoms with Crippen LogP contribution >= 0.6 is 0 Å². The third kappa shape index (κ3) is 17.8. The van der Waals surface area contributed by atoms with E-state index in [4.69, 9.17) is 0 Å². The molecule has 0 aliphatic rings. The molecule has 72 valence electrons. The fourth-order valence-electron chi connectivity index (χ4n) is 0.238. The fourth-order valence-corrected chi connectivity index (χ4v) is 0.457. The van der Waals surface area contributed by atoms with E-state index >= 15 is 0 Å². The smallest absolute Gasteiger partial charge is 0.169 e. The van der Waals surface area contributed by atoms with E-state index in [1.54, 1.807) is 0 Å². The Balaban J connectivity index is -0.000000320. The second-order valence-electron chi connectivity index (χ2n) is 1.87. The maximum atomic E-state index is 10.2. The van der Waals surface area contributed by atoms with E-state index in [2.05, 4.69) is 9.76 Å². The second-order valence-corrected chi connectivity index (χ2v) is 2.84. The summed E-state index contributed by atoms with van der Waals surface area (Å²) in [7, 11) is 3.77. The molecule has 0 rings (SSSR count). The van der Waals surface area contributed by atoms with Gasteiger partial charge >= 0.3 is 0 Å². The Labute approximate surface area is 72.5 Å². The minimum absolute atomic E-state index is 0. The van der Waals surface area contributed by atoms with Gasteiger partial charge < -0.3 is 0 Å². The van der Waals surface area contributed by atoms with Crippen LogP contribution in [0.25, 0.3) is 0 Å². The van der Waals surface area contributed by atoms with Gasteiger partial charge in [-0.25, -0.2) is 4.21 Å². The molecule has 1 atom stereocenters. The summed E-state index contributed by atoms with van der Waals surface area (Å²) in [5.74, 6) is 0. The molecular weight excluding hydrogens is 164 g/mol. The molecule has 4 nitrogen and oxygen atoms in total. The van der Waals surface area contributed by atoms with Gasteiger partial charge in [-0.2, -0.15) is 9.76 Å². The van der Waals surface area contributed by atoms with E-state index in [9.17, 15) is 4.21 Å².